The van der Waals surface area contributed by atoms with E-state index in [1.807, 2.05) is 60.7 Å². The third-order valence-electron chi connectivity index (χ3n) is 9.28. The Kier molecular flexibility index (Phi) is 16.0. The molecule has 0 unspecified atom stereocenters. The summed E-state index contributed by atoms with van der Waals surface area (Å²) in [6, 6.07) is 26.9. The standard InChI is InChI=1S/C41H48O15/c1-25(42)20-21-30(43)53-34-33(48-3)37(54-39(46)28-18-12-7-13-19-28)41(56-35(34)38(44)45)55-31-29(24-50-22-26-14-8-5-9-15-26)52-40(49-4)36(32(31)47-2)51-23-27-16-10-6-11-17-27/h5-19,29,31-37,40-41H,20-24H2,1-4H3,(H,44,45)/t29-,31-,32+,33+,34+,35-,36-,37-,40+,41-/m1/s1. The van der Waals surface area contributed by atoms with Gasteiger partial charge in [0.05, 0.1) is 31.8 Å². The van der Waals surface area contributed by atoms with Crippen molar-refractivity contribution in [2.75, 3.05) is 27.9 Å². The molecule has 5 rings (SSSR count). The minimum Gasteiger partial charge on any atom is -0.479 e. The van der Waals surface area contributed by atoms with Crippen molar-refractivity contribution in [3.05, 3.63) is 108 Å². The van der Waals surface area contributed by atoms with Gasteiger partial charge in [-0.2, -0.15) is 0 Å². The first-order valence-corrected chi connectivity index (χ1v) is 18.1. The predicted octanol–water partition coefficient (Wildman–Crippen LogP) is 3.89. The number of aliphatic carboxylic acids is 1. The number of carboxylic acid groups (broad SMARTS) is 1. The molecule has 10 atom stereocenters. The van der Waals surface area contributed by atoms with E-state index in [1.54, 1.807) is 18.2 Å². The first-order valence-electron chi connectivity index (χ1n) is 18.1. The molecule has 2 heterocycles. The quantitative estimate of drug-likeness (QED) is 0.173. The van der Waals surface area contributed by atoms with E-state index < -0.39 is 79.3 Å². The maximum absolute atomic E-state index is 13.6. The van der Waals surface area contributed by atoms with Gasteiger partial charge in [0.1, 0.15) is 36.3 Å². The average molecular weight is 781 g/mol. The molecule has 3 aromatic carbocycles. The van der Waals surface area contributed by atoms with Gasteiger partial charge < -0.3 is 57.3 Å². The van der Waals surface area contributed by atoms with Gasteiger partial charge in [0.25, 0.3) is 0 Å². The van der Waals surface area contributed by atoms with Crippen LogP contribution in [0.1, 0.15) is 41.3 Å². The molecule has 0 aromatic heterocycles. The molecule has 0 saturated carbocycles. The average Bonchev–Trinajstić information content (AvgIpc) is 3.21. The Morgan fingerprint density at radius 2 is 1.21 bits per heavy atom. The van der Waals surface area contributed by atoms with Crippen LogP contribution in [0.5, 0.6) is 0 Å². The molecular formula is C41H48O15. The van der Waals surface area contributed by atoms with Crippen LogP contribution in [-0.2, 0) is 75.0 Å². The number of hydrogen-bond acceptors (Lipinski definition) is 14. The van der Waals surface area contributed by atoms with E-state index in [0.29, 0.717) is 0 Å². The predicted molar refractivity (Wildman–Crippen MR) is 195 cm³/mol. The van der Waals surface area contributed by atoms with Crippen LogP contribution in [-0.4, -0.2) is 118 Å². The number of ketones is 1. The first-order chi connectivity index (χ1) is 27.1. The molecule has 0 amide bonds. The number of rotatable bonds is 19. The van der Waals surface area contributed by atoms with E-state index in [9.17, 15) is 24.3 Å². The summed E-state index contributed by atoms with van der Waals surface area (Å²) in [5.74, 6) is -3.49. The van der Waals surface area contributed by atoms with E-state index in [2.05, 4.69) is 0 Å². The number of carbonyl (C=O) groups is 4. The lowest BCUT2D eigenvalue weighted by Gasteiger charge is -2.48. The summed E-state index contributed by atoms with van der Waals surface area (Å²) in [4.78, 5) is 50.9. The summed E-state index contributed by atoms with van der Waals surface area (Å²) >= 11 is 0. The second-order valence-corrected chi connectivity index (χ2v) is 13.2. The van der Waals surface area contributed by atoms with Gasteiger partial charge in [-0.05, 0) is 30.2 Å². The van der Waals surface area contributed by atoms with Crippen LogP contribution in [0.3, 0.4) is 0 Å². The normalized spacial score (nSPS) is 27.6. The summed E-state index contributed by atoms with van der Waals surface area (Å²) in [6.07, 6.45) is -13.5. The highest BCUT2D eigenvalue weighted by Gasteiger charge is 2.57. The van der Waals surface area contributed by atoms with E-state index in [-0.39, 0.29) is 44.0 Å². The van der Waals surface area contributed by atoms with Crippen LogP contribution in [0, 0.1) is 0 Å². The van der Waals surface area contributed by atoms with Crippen LogP contribution < -0.4 is 0 Å². The lowest BCUT2D eigenvalue weighted by Crippen LogP contribution is -2.67. The molecule has 2 aliphatic heterocycles. The van der Waals surface area contributed by atoms with E-state index in [4.69, 9.17) is 47.4 Å². The maximum Gasteiger partial charge on any atom is 0.338 e. The smallest absolute Gasteiger partial charge is 0.338 e. The zero-order valence-electron chi connectivity index (χ0n) is 31.6. The zero-order chi connectivity index (χ0) is 40.0. The van der Waals surface area contributed by atoms with Gasteiger partial charge in [0, 0.05) is 27.8 Å². The molecule has 0 spiro atoms. The Morgan fingerprint density at radius 1 is 0.625 bits per heavy atom. The van der Waals surface area contributed by atoms with Gasteiger partial charge in [0.15, 0.2) is 30.9 Å². The Labute approximate surface area is 325 Å². The van der Waals surface area contributed by atoms with Gasteiger partial charge in [-0.3, -0.25) is 4.79 Å². The first kappa shape index (κ1) is 42.6. The summed E-state index contributed by atoms with van der Waals surface area (Å²) in [5.41, 5.74) is 1.93. The minimum absolute atomic E-state index is 0.0572. The number of ether oxygens (including phenoxy) is 10. The van der Waals surface area contributed by atoms with Gasteiger partial charge >= 0.3 is 17.9 Å². The SMILES string of the molecule is CO[C@H]1O[C@H](COCc2ccccc2)[C@@H](O[C@@H]2O[C@@H](C(=O)O)[C@@H](OC(=O)CCC(C)=O)[C@H](OC)[C@H]2OC(=O)c2ccccc2)[C@H](OC)[C@H]1OCc1ccccc1. The molecule has 15 nitrogen and oxygen atoms in total. The minimum atomic E-state index is -1.87. The molecule has 0 bridgehead atoms. The van der Waals surface area contributed by atoms with Gasteiger partial charge in [0.2, 0.25) is 0 Å². The zero-order valence-corrected chi connectivity index (χ0v) is 31.6. The molecule has 302 valence electrons. The van der Waals surface area contributed by atoms with Gasteiger partial charge in [-0.15, -0.1) is 0 Å². The fourth-order valence-electron chi connectivity index (χ4n) is 6.50. The van der Waals surface area contributed by atoms with Crippen LogP contribution in [0.15, 0.2) is 91.0 Å². The molecular weight excluding hydrogens is 732 g/mol. The van der Waals surface area contributed by atoms with Crippen molar-refractivity contribution in [1.29, 1.82) is 0 Å². The van der Waals surface area contributed by atoms with Crippen LogP contribution in [0.2, 0.25) is 0 Å². The summed E-state index contributed by atoms with van der Waals surface area (Å²) in [7, 11) is 4.15. The highest BCUT2D eigenvalue weighted by atomic mass is 16.8. The number of carboxylic acids is 1. The van der Waals surface area contributed by atoms with E-state index >= 15 is 0 Å². The van der Waals surface area contributed by atoms with Crippen LogP contribution >= 0.6 is 0 Å². The lowest BCUT2D eigenvalue weighted by molar-refractivity contribution is -0.361. The van der Waals surface area contributed by atoms with Crippen molar-refractivity contribution in [3.8, 4) is 0 Å². The van der Waals surface area contributed by atoms with Crippen LogP contribution in [0.25, 0.3) is 0 Å². The molecule has 2 saturated heterocycles. The molecule has 15 heteroatoms. The summed E-state index contributed by atoms with van der Waals surface area (Å²) < 4.78 is 60.6. The van der Waals surface area contributed by atoms with Crippen molar-refractivity contribution < 1.29 is 71.7 Å². The third kappa shape index (κ3) is 11.3. The fraction of sp³-hybridized carbons (Fsp3) is 0.463. The van der Waals surface area contributed by atoms with Crippen molar-refractivity contribution in [1.82, 2.24) is 0 Å². The number of benzene rings is 3. The van der Waals surface area contributed by atoms with E-state index in [0.717, 1.165) is 11.1 Å². The molecule has 3 aromatic rings. The van der Waals surface area contributed by atoms with Crippen molar-refractivity contribution in [3.63, 3.8) is 0 Å². The van der Waals surface area contributed by atoms with E-state index in [1.165, 1.54) is 40.4 Å². The van der Waals surface area contributed by atoms with Gasteiger partial charge in [-0.1, -0.05) is 78.9 Å². The monoisotopic (exact) mass is 780 g/mol. The number of hydrogen-bond donors (Lipinski definition) is 1. The number of carbonyl (C=O) groups excluding carboxylic acids is 3. The molecule has 1 N–H and O–H groups in total. The fourth-order valence-corrected chi connectivity index (χ4v) is 6.50. The molecule has 2 aliphatic rings. The number of esters is 2. The molecule has 0 radical (unpaired) electrons. The molecule has 56 heavy (non-hydrogen) atoms. The molecule has 2 fully saturated rings. The Bertz CT molecular complexity index is 1690. The number of methoxy groups -OCH3 is 3. The summed E-state index contributed by atoms with van der Waals surface area (Å²) in [6.45, 7) is 1.62. The van der Waals surface area contributed by atoms with Crippen LogP contribution in [0.4, 0.5) is 0 Å². The Morgan fingerprint density at radius 3 is 1.79 bits per heavy atom. The highest BCUT2D eigenvalue weighted by molar-refractivity contribution is 5.89. The topological polar surface area (TPSA) is 181 Å². The largest absolute Gasteiger partial charge is 0.479 e. The second kappa shape index (κ2) is 21.1. The third-order valence-corrected chi connectivity index (χ3v) is 9.28. The second-order valence-electron chi connectivity index (χ2n) is 13.2. The van der Waals surface area contributed by atoms with Gasteiger partial charge in [-0.25, -0.2) is 9.59 Å². The highest BCUT2D eigenvalue weighted by Crippen LogP contribution is 2.35. The Hall–Kier alpha value is -4.58. The number of Topliss-reactive ketones (excluding diaryl/α,β-unsaturated/α-hetero) is 1. The maximum atomic E-state index is 13.6. The van der Waals surface area contributed by atoms with Crippen molar-refractivity contribution in [2.24, 2.45) is 0 Å². The lowest BCUT2D eigenvalue weighted by atomic mass is 9.95. The Balaban J connectivity index is 1.50. The van der Waals surface area contributed by atoms with Crippen molar-refractivity contribution in [2.45, 2.75) is 94.4 Å². The van der Waals surface area contributed by atoms with Crippen molar-refractivity contribution >= 4 is 23.7 Å². The molecule has 0 aliphatic carbocycles. The summed E-state index contributed by atoms with van der Waals surface area (Å²) in [5, 5.41) is 10.4.